The van der Waals surface area contributed by atoms with E-state index in [-0.39, 0.29) is 33.6 Å². The van der Waals surface area contributed by atoms with Crippen molar-refractivity contribution in [1.29, 1.82) is 0 Å². The van der Waals surface area contributed by atoms with Crippen molar-refractivity contribution in [1.82, 2.24) is 14.4 Å². The maximum absolute atomic E-state index is 13.8. The normalized spacial score (nSPS) is 16.2. The summed E-state index contributed by atoms with van der Waals surface area (Å²) in [6.07, 6.45) is 3.53. The zero-order valence-electron chi connectivity index (χ0n) is 24.5. The Balaban J connectivity index is 1.72. The molecule has 1 aliphatic heterocycles. The maximum Gasteiger partial charge on any atom is 0.350 e. The Morgan fingerprint density at radius 3 is 2.58 bits per heavy atom. The van der Waals surface area contributed by atoms with Gasteiger partial charge in [0.15, 0.2) is 22.4 Å². The number of hydrogen-bond donors (Lipinski definition) is 1. The standard InChI is InChI=1S/C31H32N4O7S/c1-6-8-15-42-20-13-12-19(16-21(20)40-5)25-23(26(36)24-17(3)32-22-11-9-10-14-34(22)24)27(37)29(38)35(25)31-33-18(4)28(43-31)30(39)41-7-2/h9-14,16,25,36H,6-8,15H2,1-5H3. The van der Waals surface area contributed by atoms with Crippen LogP contribution in [0.1, 0.15) is 65.0 Å². The van der Waals surface area contributed by atoms with E-state index in [0.717, 1.165) is 24.2 Å². The Labute approximate surface area is 252 Å². The number of amides is 1. The van der Waals surface area contributed by atoms with Crippen molar-refractivity contribution in [3.8, 4) is 11.5 Å². The van der Waals surface area contributed by atoms with Crippen LogP contribution in [0, 0.1) is 13.8 Å². The van der Waals surface area contributed by atoms with Crippen LogP contribution in [0.2, 0.25) is 0 Å². The number of benzene rings is 1. The fourth-order valence-electron chi connectivity index (χ4n) is 5.04. The van der Waals surface area contributed by atoms with Gasteiger partial charge in [-0.1, -0.05) is 36.8 Å². The van der Waals surface area contributed by atoms with Crippen molar-refractivity contribution < 1.29 is 33.7 Å². The van der Waals surface area contributed by atoms with Gasteiger partial charge in [-0.15, -0.1) is 0 Å². The number of hydrogen-bond acceptors (Lipinski definition) is 10. The van der Waals surface area contributed by atoms with Crippen molar-refractivity contribution in [2.75, 3.05) is 25.2 Å². The van der Waals surface area contributed by atoms with Crippen molar-refractivity contribution in [2.24, 2.45) is 0 Å². The van der Waals surface area contributed by atoms with Gasteiger partial charge in [-0.2, -0.15) is 0 Å². The summed E-state index contributed by atoms with van der Waals surface area (Å²) in [5.41, 5.74) is 2.00. The van der Waals surface area contributed by atoms with E-state index in [1.54, 1.807) is 61.7 Å². The molecule has 0 bridgehead atoms. The number of ketones is 1. The van der Waals surface area contributed by atoms with Crippen LogP contribution in [0.4, 0.5) is 5.13 Å². The molecule has 224 valence electrons. The first kappa shape index (κ1) is 29.8. The van der Waals surface area contributed by atoms with E-state index in [4.69, 9.17) is 14.2 Å². The van der Waals surface area contributed by atoms with Crippen LogP contribution in [0.15, 0.2) is 48.2 Å². The van der Waals surface area contributed by atoms with Crippen molar-refractivity contribution in [3.63, 3.8) is 0 Å². The van der Waals surface area contributed by atoms with Gasteiger partial charge >= 0.3 is 11.9 Å². The fourth-order valence-corrected chi connectivity index (χ4v) is 6.03. The monoisotopic (exact) mass is 604 g/mol. The SMILES string of the molecule is CCCCOc1ccc(C2C(=C(O)c3c(C)nc4ccccn34)C(=O)C(=O)N2c2nc(C)c(C(=O)OCC)s2)cc1OC. The lowest BCUT2D eigenvalue weighted by Crippen LogP contribution is -2.29. The molecule has 5 rings (SSSR count). The largest absolute Gasteiger partial charge is 0.505 e. The van der Waals surface area contributed by atoms with Crippen LogP contribution in [-0.4, -0.2) is 57.5 Å². The van der Waals surface area contributed by atoms with Crippen LogP contribution >= 0.6 is 11.3 Å². The van der Waals surface area contributed by atoms with E-state index < -0.39 is 23.7 Å². The molecule has 1 unspecified atom stereocenters. The first-order valence-corrected chi connectivity index (χ1v) is 14.7. The molecular formula is C31H32N4O7S. The highest BCUT2D eigenvalue weighted by Gasteiger charge is 2.49. The second kappa shape index (κ2) is 12.3. The lowest BCUT2D eigenvalue weighted by molar-refractivity contribution is -0.132. The number of aliphatic hydroxyl groups excluding tert-OH is 1. The summed E-state index contributed by atoms with van der Waals surface area (Å²) in [4.78, 5) is 50.5. The molecule has 43 heavy (non-hydrogen) atoms. The third-order valence-corrected chi connectivity index (χ3v) is 8.22. The van der Waals surface area contributed by atoms with Gasteiger partial charge in [0.05, 0.1) is 43.3 Å². The summed E-state index contributed by atoms with van der Waals surface area (Å²) in [7, 11) is 1.50. The van der Waals surface area contributed by atoms with Gasteiger partial charge in [0.1, 0.15) is 16.2 Å². The number of aliphatic hydroxyl groups is 1. The van der Waals surface area contributed by atoms with Gasteiger partial charge in [0.2, 0.25) is 0 Å². The Bertz CT molecular complexity index is 1760. The highest BCUT2D eigenvalue weighted by Crippen LogP contribution is 2.46. The van der Waals surface area contributed by atoms with E-state index in [9.17, 15) is 19.5 Å². The third-order valence-electron chi connectivity index (χ3n) is 7.08. The first-order chi connectivity index (χ1) is 20.7. The molecule has 0 aliphatic carbocycles. The minimum Gasteiger partial charge on any atom is -0.505 e. The molecule has 1 aliphatic rings. The Morgan fingerprint density at radius 1 is 1.07 bits per heavy atom. The van der Waals surface area contributed by atoms with Crippen LogP contribution < -0.4 is 14.4 Å². The van der Waals surface area contributed by atoms with Crippen LogP contribution in [0.25, 0.3) is 11.4 Å². The molecule has 11 nitrogen and oxygen atoms in total. The molecule has 1 aromatic carbocycles. The number of rotatable bonds is 10. The number of esters is 1. The summed E-state index contributed by atoms with van der Waals surface area (Å²) in [6, 6.07) is 9.36. The summed E-state index contributed by atoms with van der Waals surface area (Å²) in [6.45, 7) is 7.76. The van der Waals surface area contributed by atoms with E-state index in [1.807, 2.05) is 6.07 Å². The lowest BCUT2D eigenvalue weighted by Gasteiger charge is -2.24. The van der Waals surface area contributed by atoms with Crippen molar-refractivity contribution >= 4 is 45.5 Å². The summed E-state index contributed by atoms with van der Waals surface area (Å²) >= 11 is 0.942. The zero-order chi connectivity index (χ0) is 30.8. The minimum absolute atomic E-state index is 0.115. The fraction of sp³-hybridized carbons (Fsp3) is 0.323. The molecule has 0 spiro atoms. The molecule has 1 fully saturated rings. The number of carbonyl (C=O) groups is 3. The van der Waals surface area contributed by atoms with Crippen molar-refractivity contribution in [3.05, 3.63) is 75.7 Å². The van der Waals surface area contributed by atoms with E-state index >= 15 is 0 Å². The molecule has 1 saturated heterocycles. The topological polar surface area (TPSA) is 133 Å². The van der Waals surface area contributed by atoms with E-state index in [2.05, 4.69) is 16.9 Å². The number of fused-ring (bicyclic) bond motifs is 1. The molecule has 4 heterocycles. The van der Waals surface area contributed by atoms with E-state index in [1.165, 1.54) is 12.0 Å². The quantitative estimate of drug-likeness (QED) is 0.0831. The van der Waals surface area contributed by atoms with Gasteiger partial charge < -0.3 is 19.3 Å². The molecule has 12 heteroatoms. The number of anilines is 1. The van der Waals surface area contributed by atoms with Crippen LogP contribution in [0.3, 0.4) is 0 Å². The van der Waals surface area contributed by atoms with Crippen LogP contribution in [0.5, 0.6) is 11.5 Å². The molecule has 1 N–H and O–H groups in total. The number of Topliss-reactive ketones (excluding diaryl/α,β-unsaturated/α-hetero) is 1. The smallest absolute Gasteiger partial charge is 0.350 e. The van der Waals surface area contributed by atoms with Gasteiger partial charge in [0.25, 0.3) is 5.78 Å². The highest BCUT2D eigenvalue weighted by atomic mass is 32.1. The number of aromatic nitrogens is 3. The van der Waals surface area contributed by atoms with Crippen molar-refractivity contribution in [2.45, 2.75) is 46.6 Å². The number of imidazole rings is 1. The highest BCUT2D eigenvalue weighted by molar-refractivity contribution is 7.17. The maximum atomic E-state index is 13.8. The number of unbranched alkanes of at least 4 members (excludes halogenated alkanes) is 1. The number of methoxy groups -OCH3 is 1. The van der Waals surface area contributed by atoms with Crippen LogP contribution in [-0.2, 0) is 14.3 Å². The molecule has 1 amide bonds. The van der Waals surface area contributed by atoms with E-state index in [0.29, 0.717) is 40.7 Å². The summed E-state index contributed by atoms with van der Waals surface area (Å²) in [5, 5.41) is 11.9. The average Bonchev–Trinajstić information content (AvgIpc) is 3.63. The molecule has 4 aromatic rings. The second-order valence-corrected chi connectivity index (χ2v) is 10.9. The zero-order valence-corrected chi connectivity index (χ0v) is 25.4. The third kappa shape index (κ3) is 5.34. The number of pyridine rings is 1. The Kier molecular flexibility index (Phi) is 8.49. The molecule has 1 atom stereocenters. The molecule has 3 aromatic heterocycles. The molecule has 0 radical (unpaired) electrons. The predicted molar refractivity (Wildman–Crippen MR) is 161 cm³/mol. The lowest BCUT2D eigenvalue weighted by atomic mass is 9.96. The Morgan fingerprint density at radius 2 is 1.86 bits per heavy atom. The molecular weight excluding hydrogens is 572 g/mol. The number of carbonyl (C=O) groups excluding carboxylic acids is 3. The number of nitrogens with zero attached hydrogens (tertiary/aromatic N) is 4. The molecule has 0 saturated carbocycles. The van der Waals surface area contributed by atoms with Gasteiger partial charge in [0, 0.05) is 6.20 Å². The second-order valence-electron chi connectivity index (χ2n) is 9.89. The van der Waals surface area contributed by atoms with Gasteiger partial charge in [-0.05, 0) is 57.0 Å². The minimum atomic E-state index is -1.10. The predicted octanol–water partition coefficient (Wildman–Crippen LogP) is 5.40. The van der Waals surface area contributed by atoms with Gasteiger partial charge in [-0.25, -0.2) is 14.8 Å². The number of aryl methyl sites for hydroxylation is 2. The Hall–Kier alpha value is -4.71. The summed E-state index contributed by atoms with van der Waals surface area (Å²) in [5.74, 6) is -1.86. The number of ether oxygens (including phenoxy) is 3. The number of thiazole rings is 1. The van der Waals surface area contributed by atoms with Gasteiger partial charge in [-0.3, -0.25) is 18.9 Å². The average molecular weight is 605 g/mol. The first-order valence-electron chi connectivity index (χ1n) is 13.9. The summed E-state index contributed by atoms with van der Waals surface area (Å²) < 4.78 is 18.3.